The second kappa shape index (κ2) is 8.38. The first kappa shape index (κ1) is 20.4. The van der Waals surface area contributed by atoms with Gasteiger partial charge in [0.2, 0.25) is 0 Å². The average molecular weight is 395 g/mol. The van der Waals surface area contributed by atoms with Crippen LogP contribution in [0.5, 0.6) is 0 Å². The lowest BCUT2D eigenvalue weighted by Crippen LogP contribution is -2.34. The van der Waals surface area contributed by atoms with Crippen molar-refractivity contribution < 1.29 is 4.79 Å². The van der Waals surface area contributed by atoms with Gasteiger partial charge in [-0.05, 0) is 37.5 Å². The minimum Gasteiger partial charge on any atom is -0.344 e. The van der Waals surface area contributed by atoms with Gasteiger partial charge in [-0.1, -0.05) is 26.8 Å². The summed E-state index contributed by atoms with van der Waals surface area (Å²) in [5.41, 5.74) is 0.653. The summed E-state index contributed by atoms with van der Waals surface area (Å²) >= 11 is 0. The van der Waals surface area contributed by atoms with Gasteiger partial charge >= 0.3 is 5.69 Å². The van der Waals surface area contributed by atoms with Gasteiger partial charge in [-0.3, -0.25) is 24.1 Å². The van der Waals surface area contributed by atoms with Gasteiger partial charge in [-0.2, -0.15) is 0 Å². The summed E-state index contributed by atoms with van der Waals surface area (Å²) in [5, 5.41) is 3.01. The molecular weight excluding hydrogens is 370 g/mol. The van der Waals surface area contributed by atoms with Crippen LogP contribution >= 0.6 is 0 Å². The van der Waals surface area contributed by atoms with E-state index in [1.54, 1.807) is 18.3 Å². The van der Waals surface area contributed by atoms with E-state index < -0.39 is 17.2 Å². The van der Waals surface area contributed by atoms with Gasteiger partial charge in [0, 0.05) is 18.4 Å². The van der Waals surface area contributed by atoms with Crippen molar-refractivity contribution in [1.82, 2.24) is 24.8 Å². The van der Waals surface area contributed by atoms with E-state index in [1.807, 2.05) is 39.8 Å². The Morgan fingerprint density at radius 2 is 1.97 bits per heavy atom. The summed E-state index contributed by atoms with van der Waals surface area (Å²) in [6.45, 7) is 8.04. The van der Waals surface area contributed by atoms with E-state index in [-0.39, 0.29) is 28.6 Å². The van der Waals surface area contributed by atoms with Gasteiger partial charge in [0.25, 0.3) is 11.5 Å². The van der Waals surface area contributed by atoms with Gasteiger partial charge in [0.05, 0.1) is 22.7 Å². The SMILES string of the molecule is CCCn1c(=O)[nH]c(=O)c2c(C(=O)N[C@H](C)c3ccccn3)cc(C(C)C)nc21. The Bertz CT molecular complexity index is 1150. The standard InChI is InChI=1S/C21H25N5O3/c1-5-10-26-18-17(20(28)25-21(26)29)14(11-16(24-18)12(2)3)19(27)23-13(4)15-8-6-7-9-22-15/h6-9,11-13H,5,10H2,1-4H3,(H,23,27)(H,25,28,29)/t13-/m1/s1. The number of aromatic amines is 1. The van der Waals surface area contributed by atoms with E-state index in [1.165, 1.54) is 4.57 Å². The van der Waals surface area contributed by atoms with Crippen LogP contribution < -0.4 is 16.6 Å². The molecule has 3 aromatic heterocycles. The monoisotopic (exact) mass is 395 g/mol. The normalized spacial score (nSPS) is 12.3. The summed E-state index contributed by atoms with van der Waals surface area (Å²) < 4.78 is 1.42. The highest BCUT2D eigenvalue weighted by molar-refractivity contribution is 6.05. The number of amides is 1. The molecule has 0 saturated heterocycles. The molecule has 0 saturated carbocycles. The van der Waals surface area contributed by atoms with Crippen LogP contribution in [-0.2, 0) is 6.54 Å². The number of aryl methyl sites for hydroxylation is 1. The van der Waals surface area contributed by atoms with Crippen molar-refractivity contribution in [2.24, 2.45) is 0 Å². The highest BCUT2D eigenvalue weighted by Gasteiger charge is 2.21. The number of nitrogens with zero attached hydrogens (tertiary/aromatic N) is 3. The zero-order valence-corrected chi connectivity index (χ0v) is 17.0. The summed E-state index contributed by atoms with van der Waals surface area (Å²) in [6.07, 6.45) is 2.34. The molecule has 3 rings (SSSR count). The van der Waals surface area contributed by atoms with Crippen molar-refractivity contribution in [1.29, 1.82) is 0 Å². The molecule has 0 spiro atoms. The van der Waals surface area contributed by atoms with Gasteiger partial charge < -0.3 is 5.32 Å². The largest absolute Gasteiger partial charge is 0.344 e. The number of hydrogen-bond donors (Lipinski definition) is 2. The molecule has 0 aliphatic rings. The van der Waals surface area contributed by atoms with Crippen molar-refractivity contribution in [2.75, 3.05) is 0 Å². The minimum absolute atomic E-state index is 0.0172. The molecule has 0 aliphatic carbocycles. The molecule has 0 fully saturated rings. The van der Waals surface area contributed by atoms with E-state index in [9.17, 15) is 14.4 Å². The fourth-order valence-electron chi connectivity index (χ4n) is 3.18. The third-order valence-electron chi connectivity index (χ3n) is 4.73. The molecule has 0 radical (unpaired) electrons. The lowest BCUT2D eigenvalue weighted by Gasteiger charge is -2.17. The highest BCUT2D eigenvalue weighted by atomic mass is 16.2. The molecule has 1 atom stereocenters. The third-order valence-corrected chi connectivity index (χ3v) is 4.73. The maximum Gasteiger partial charge on any atom is 0.329 e. The van der Waals surface area contributed by atoms with Crippen molar-refractivity contribution in [3.05, 3.63) is 68.3 Å². The van der Waals surface area contributed by atoms with E-state index in [2.05, 4.69) is 20.3 Å². The van der Waals surface area contributed by atoms with Crippen molar-refractivity contribution in [3.8, 4) is 0 Å². The third kappa shape index (κ3) is 4.11. The van der Waals surface area contributed by atoms with Gasteiger partial charge in [0.15, 0.2) is 5.65 Å². The van der Waals surface area contributed by atoms with Crippen LogP contribution in [0.4, 0.5) is 0 Å². The van der Waals surface area contributed by atoms with Gasteiger partial charge in [-0.25, -0.2) is 9.78 Å². The quantitative estimate of drug-likeness (QED) is 0.666. The van der Waals surface area contributed by atoms with Crippen molar-refractivity contribution in [2.45, 2.75) is 52.6 Å². The topological polar surface area (TPSA) is 110 Å². The van der Waals surface area contributed by atoms with E-state index >= 15 is 0 Å². The summed E-state index contributed by atoms with van der Waals surface area (Å²) in [5.74, 6) is -0.395. The summed E-state index contributed by atoms with van der Waals surface area (Å²) in [7, 11) is 0. The molecule has 8 heteroatoms. The van der Waals surface area contributed by atoms with Crippen LogP contribution in [0, 0.1) is 0 Å². The smallest absolute Gasteiger partial charge is 0.329 e. The second-order valence-electron chi connectivity index (χ2n) is 7.31. The molecule has 0 bridgehead atoms. The Labute approximate surface area is 168 Å². The van der Waals surface area contributed by atoms with E-state index in [0.29, 0.717) is 24.4 Å². The average Bonchev–Trinajstić information content (AvgIpc) is 2.70. The molecular formula is C21H25N5O3. The first-order chi connectivity index (χ1) is 13.8. The Morgan fingerprint density at radius 3 is 2.59 bits per heavy atom. The zero-order valence-electron chi connectivity index (χ0n) is 17.0. The molecule has 0 unspecified atom stereocenters. The molecule has 3 heterocycles. The van der Waals surface area contributed by atoms with Crippen LogP contribution in [0.15, 0.2) is 40.1 Å². The molecule has 8 nitrogen and oxygen atoms in total. The van der Waals surface area contributed by atoms with Gasteiger partial charge in [-0.15, -0.1) is 0 Å². The molecule has 0 aromatic carbocycles. The lowest BCUT2D eigenvalue weighted by molar-refractivity contribution is 0.0940. The zero-order chi connectivity index (χ0) is 21.1. The first-order valence-corrected chi connectivity index (χ1v) is 9.73. The molecule has 152 valence electrons. The predicted molar refractivity (Wildman–Crippen MR) is 111 cm³/mol. The number of H-pyrrole nitrogens is 1. The van der Waals surface area contributed by atoms with Crippen LogP contribution in [0.1, 0.15) is 67.8 Å². The first-order valence-electron chi connectivity index (χ1n) is 9.73. The van der Waals surface area contributed by atoms with Crippen LogP contribution in [-0.4, -0.2) is 25.4 Å². The van der Waals surface area contributed by atoms with Gasteiger partial charge in [0.1, 0.15) is 0 Å². The summed E-state index contributed by atoms with van der Waals surface area (Å²) in [4.78, 5) is 49.2. The number of aromatic nitrogens is 4. The Hall–Kier alpha value is -3.29. The molecule has 29 heavy (non-hydrogen) atoms. The Balaban J connectivity index is 2.18. The lowest BCUT2D eigenvalue weighted by atomic mass is 10.0. The number of pyridine rings is 2. The van der Waals surface area contributed by atoms with E-state index in [4.69, 9.17) is 0 Å². The Kier molecular flexibility index (Phi) is 5.91. The maximum absolute atomic E-state index is 13.1. The van der Waals surface area contributed by atoms with Crippen LogP contribution in [0.3, 0.4) is 0 Å². The molecule has 3 aromatic rings. The van der Waals surface area contributed by atoms with E-state index in [0.717, 1.165) is 0 Å². The number of carbonyl (C=O) groups is 1. The Morgan fingerprint density at radius 1 is 1.21 bits per heavy atom. The highest BCUT2D eigenvalue weighted by Crippen LogP contribution is 2.21. The fourth-order valence-corrected chi connectivity index (χ4v) is 3.18. The van der Waals surface area contributed by atoms with Crippen molar-refractivity contribution >= 4 is 16.9 Å². The van der Waals surface area contributed by atoms with Crippen LogP contribution in [0.2, 0.25) is 0 Å². The second-order valence-corrected chi connectivity index (χ2v) is 7.31. The maximum atomic E-state index is 13.1. The molecule has 2 N–H and O–H groups in total. The number of rotatable bonds is 6. The summed E-state index contributed by atoms with van der Waals surface area (Å²) in [6, 6.07) is 6.74. The number of hydrogen-bond acceptors (Lipinski definition) is 5. The van der Waals surface area contributed by atoms with Crippen LogP contribution in [0.25, 0.3) is 11.0 Å². The van der Waals surface area contributed by atoms with Crippen molar-refractivity contribution in [3.63, 3.8) is 0 Å². The fraction of sp³-hybridized carbons (Fsp3) is 0.381. The molecule has 1 amide bonds. The predicted octanol–water partition coefficient (Wildman–Crippen LogP) is 2.50. The number of fused-ring (bicyclic) bond motifs is 1. The number of nitrogens with one attached hydrogen (secondary N) is 2. The molecule has 0 aliphatic heterocycles. The number of carbonyl (C=O) groups excluding carboxylic acids is 1. The minimum atomic E-state index is -0.615.